The predicted molar refractivity (Wildman–Crippen MR) is 120 cm³/mol. The number of hydrogen-bond acceptors (Lipinski definition) is 7. The normalized spacial score (nSPS) is 12.4. The summed E-state index contributed by atoms with van der Waals surface area (Å²) in [4.78, 5) is 27.5. The molecule has 158 valence electrons. The average molecular weight is 424 g/mol. The van der Waals surface area contributed by atoms with Gasteiger partial charge in [-0.1, -0.05) is 24.3 Å². The summed E-state index contributed by atoms with van der Waals surface area (Å²) in [7, 11) is 0. The van der Waals surface area contributed by atoms with Crippen molar-refractivity contribution in [3.05, 3.63) is 89.0 Å². The van der Waals surface area contributed by atoms with E-state index in [4.69, 9.17) is 5.26 Å². The Morgan fingerprint density at radius 2 is 1.38 bits per heavy atom. The predicted octanol–water partition coefficient (Wildman–Crippen LogP) is 4.59. The molecule has 1 N–H and O–H groups in total. The van der Waals surface area contributed by atoms with E-state index in [-0.39, 0.29) is 18.2 Å². The molecule has 0 saturated heterocycles. The van der Waals surface area contributed by atoms with E-state index in [1.165, 1.54) is 0 Å². The highest BCUT2D eigenvalue weighted by molar-refractivity contribution is 6.28. The standard InChI is InChI=1S/C25H20N4O3/c26-12-3-13-29(14-15-30)19-9-6-17(7-10-19)27-28-18-8-11-22-23(16-18)25(32)21-5-2-1-4-20(21)24(22)31/h1-2,4-11,16,30H,3,13-15H2. The zero-order valence-electron chi connectivity index (χ0n) is 17.2. The minimum Gasteiger partial charge on any atom is -0.395 e. The summed E-state index contributed by atoms with van der Waals surface area (Å²) in [5.41, 5.74) is 3.50. The van der Waals surface area contributed by atoms with Crippen LogP contribution in [0.15, 0.2) is 77.0 Å². The second-order valence-corrected chi connectivity index (χ2v) is 7.27. The van der Waals surface area contributed by atoms with Gasteiger partial charge >= 0.3 is 0 Å². The minimum absolute atomic E-state index is 0.00306. The lowest BCUT2D eigenvalue weighted by atomic mass is 9.84. The number of benzene rings is 3. The van der Waals surface area contributed by atoms with Gasteiger partial charge in [0.15, 0.2) is 11.6 Å². The summed E-state index contributed by atoms with van der Waals surface area (Å²) >= 11 is 0. The number of azo groups is 1. The van der Waals surface area contributed by atoms with Gasteiger partial charge in [0.1, 0.15) is 0 Å². The third kappa shape index (κ3) is 4.17. The van der Waals surface area contributed by atoms with Crippen LogP contribution in [0, 0.1) is 11.3 Å². The molecule has 0 aromatic heterocycles. The van der Waals surface area contributed by atoms with Gasteiger partial charge in [0.05, 0.1) is 30.5 Å². The molecule has 1 aliphatic rings. The average Bonchev–Trinajstić information content (AvgIpc) is 2.84. The van der Waals surface area contributed by atoms with Crippen molar-refractivity contribution in [1.29, 1.82) is 5.26 Å². The molecule has 3 aromatic rings. The molecule has 0 unspecified atom stereocenters. The van der Waals surface area contributed by atoms with Crippen LogP contribution < -0.4 is 4.90 Å². The highest BCUT2D eigenvalue weighted by atomic mass is 16.3. The fourth-order valence-corrected chi connectivity index (χ4v) is 3.67. The maximum absolute atomic E-state index is 12.8. The van der Waals surface area contributed by atoms with Crippen LogP contribution in [-0.4, -0.2) is 36.4 Å². The summed E-state index contributed by atoms with van der Waals surface area (Å²) < 4.78 is 0. The zero-order chi connectivity index (χ0) is 22.5. The number of hydrogen-bond donors (Lipinski definition) is 1. The van der Waals surface area contributed by atoms with E-state index in [0.29, 0.717) is 53.1 Å². The second kappa shape index (κ2) is 9.33. The Morgan fingerprint density at radius 3 is 2.03 bits per heavy atom. The maximum atomic E-state index is 12.8. The molecule has 0 fully saturated rings. The van der Waals surface area contributed by atoms with Crippen molar-refractivity contribution in [1.82, 2.24) is 0 Å². The molecule has 7 heteroatoms. The molecule has 0 radical (unpaired) electrons. The van der Waals surface area contributed by atoms with Crippen LogP contribution >= 0.6 is 0 Å². The summed E-state index contributed by atoms with van der Waals surface area (Å²) in [5, 5.41) is 26.5. The minimum atomic E-state index is -0.196. The van der Waals surface area contributed by atoms with Crippen LogP contribution in [-0.2, 0) is 0 Å². The molecule has 0 spiro atoms. The number of aliphatic hydroxyl groups is 1. The number of carbonyl (C=O) groups excluding carboxylic acids is 2. The summed E-state index contributed by atoms with van der Waals surface area (Å²) in [5.74, 6) is -0.365. The van der Waals surface area contributed by atoms with E-state index < -0.39 is 0 Å². The van der Waals surface area contributed by atoms with Crippen LogP contribution in [0.3, 0.4) is 0 Å². The van der Waals surface area contributed by atoms with Gasteiger partial charge in [-0.3, -0.25) is 9.59 Å². The summed E-state index contributed by atoms with van der Waals surface area (Å²) in [6.45, 7) is 0.966. The molecule has 7 nitrogen and oxygen atoms in total. The lowest BCUT2D eigenvalue weighted by Crippen LogP contribution is -2.27. The van der Waals surface area contributed by atoms with Crippen molar-refractivity contribution in [3.8, 4) is 6.07 Å². The molecule has 3 aromatic carbocycles. The molecule has 4 rings (SSSR count). The van der Waals surface area contributed by atoms with Gasteiger partial charge in [-0.25, -0.2) is 0 Å². The van der Waals surface area contributed by atoms with E-state index in [1.54, 1.807) is 54.6 Å². The topological polar surface area (TPSA) is 106 Å². The van der Waals surface area contributed by atoms with Gasteiger partial charge in [-0.15, -0.1) is 0 Å². The van der Waals surface area contributed by atoms with E-state index >= 15 is 0 Å². The monoisotopic (exact) mass is 424 g/mol. The number of aliphatic hydroxyl groups excluding tert-OH is 1. The van der Waals surface area contributed by atoms with Crippen LogP contribution in [0.2, 0.25) is 0 Å². The van der Waals surface area contributed by atoms with Crippen molar-refractivity contribution in [2.45, 2.75) is 6.42 Å². The highest BCUT2D eigenvalue weighted by Gasteiger charge is 2.29. The molecule has 32 heavy (non-hydrogen) atoms. The number of nitriles is 1. The lowest BCUT2D eigenvalue weighted by molar-refractivity contribution is 0.0979. The molecule has 0 amide bonds. The number of carbonyl (C=O) groups is 2. The lowest BCUT2D eigenvalue weighted by Gasteiger charge is -2.22. The van der Waals surface area contributed by atoms with Gasteiger partial charge in [-0.05, 0) is 42.5 Å². The summed E-state index contributed by atoms with van der Waals surface area (Å²) in [6.07, 6.45) is 0.367. The Hall–Kier alpha value is -4.15. The van der Waals surface area contributed by atoms with Crippen LogP contribution in [0.4, 0.5) is 17.1 Å². The maximum Gasteiger partial charge on any atom is 0.194 e. The molecule has 1 aliphatic carbocycles. The Bertz CT molecular complexity index is 1240. The third-order valence-electron chi connectivity index (χ3n) is 5.27. The number of ketones is 2. The second-order valence-electron chi connectivity index (χ2n) is 7.27. The zero-order valence-corrected chi connectivity index (χ0v) is 17.2. The van der Waals surface area contributed by atoms with Gasteiger partial charge < -0.3 is 10.0 Å². The van der Waals surface area contributed by atoms with Crippen LogP contribution in [0.5, 0.6) is 0 Å². The first kappa shape index (κ1) is 21.1. The van der Waals surface area contributed by atoms with E-state index in [9.17, 15) is 14.7 Å². The molecule has 0 heterocycles. The number of nitrogens with zero attached hydrogens (tertiary/aromatic N) is 4. The quantitative estimate of drug-likeness (QED) is 0.437. The Balaban J connectivity index is 1.54. The first-order valence-electron chi connectivity index (χ1n) is 10.2. The molecule has 0 saturated carbocycles. The van der Waals surface area contributed by atoms with Crippen molar-refractivity contribution < 1.29 is 14.7 Å². The Morgan fingerprint density at radius 1 is 0.781 bits per heavy atom. The Labute approximate surface area is 185 Å². The SMILES string of the molecule is N#CCCN(CCO)c1ccc(N=Nc2ccc3c(c2)C(=O)c2ccccc2C3=O)cc1. The van der Waals surface area contributed by atoms with Gasteiger partial charge in [0.2, 0.25) is 0 Å². The van der Waals surface area contributed by atoms with Crippen molar-refractivity contribution >= 4 is 28.6 Å². The van der Waals surface area contributed by atoms with Gasteiger partial charge in [0, 0.05) is 41.0 Å². The first-order chi connectivity index (χ1) is 15.6. The Kier molecular flexibility index (Phi) is 6.15. The molecule has 0 aliphatic heterocycles. The molecule has 0 atom stereocenters. The smallest absolute Gasteiger partial charge is 0.194 e. The molecular weight excluding hydrogens is 404 g/mol. The van der Waals surface area contributed by atoms with Crippen LogP contribution in [0.1, 0.15) is 38.3 Å². The van der Waals surface area contributed by atoms with E-state index in [2.05, 4.69) is 16.3 Å². The van der Waals surface area contributed by atoms with Crippen LogP contribution in [0.25, 0.3) is 0 Å². The highest BCUT2D eigenvalue weighted by Crippen LogP contribution is 2.30. The van der Waals surface area contributed by atoms with Crippen molar-refractivity contribution in [2.75, 3.05) is 24.6 Å². The fourth-order valence-electron chi connectivity index (χ4n) is 3.67. The molecule has 0 bridgehead atoms. The fraction of sp³-hybridized carbons (Fsp3) is 0.160. The summed E-state index contributed by atoms with van der Waals surface area (Å²) in [6, 6.07) is 21.1. The van der Waals surface area contributed by atoms with Gasteiger partial charge in [-0.2, -0.15) is 15.5 Å². The van der Waals surface area contributed by atoms with Gasteiger partial charge in [0.25, 0.3) is 0 Å². The molecular formula is C25H20N4O3. The first-order valence-corrected chi connectivity index (χ1v) is 10.2. The number of rotatable bonds is 7. The number of fused-ring (bicyclic) bond motifs is 2. The largest absolute Gasteiger partial charge is 0.395 e. The van der Waals surface area contributed by atoms with E-state index in [0.717, 1.165) is 5.69 Å². The van der Waals surface area contributed by atoms with Crippen molar-refractivity contribution in [3.63, 3.8) is 0 Å². The van der Waals surface area contributed by atoms with E-state index in [1.807, 2.05) is 17.0 Å². The third-order valence-corrected chi connectivity index (χ3v) is 5.27. The number of anilines is 1. The van der Waals surface area contributed by atoms with Crippen molar-refractivity contribution in [2.24, 2.45) is 10.2 Å².